The zero-order valence-corrected chi connectivity index (χ0v) is 15.9. The van der Waals surface area contributed by atoms with Crippen molar-refractivity contribution < 1.29 is 9.59 Å². The molecular weight excluding hydrogens is 338 g/mol. The van der Waals surface area contributed by atoms with E-state index in [1.165, 1.54) is 0 Å². The molecule has 1 aliphatic heterocycles. The first-order valence-electron chi connectivity index (χ1n) is 9.56. The Balaban J connectivity index is 1.62. The standard InChI is InChI=1S/C22H27N3O2/c1-16(23-17(2)22(27)25-13-6-7-14-25)19-11-8-12-20(15-19)24-21(26)18-9-4-3-5-10-18/h3-5,8-12,15-17,23H,6-7,13-14H2,1-2H3,(H,24,26)/t16-,17-/m0/s1. The van der Waals surface area contributed by atoms with E-state index in [0.717, 1.165) is 37.2 Å². The van der Waals surface area contributed by atoms with E-state index < -0.39 is 0 Å². The molecule has 0 unspecified atom stereocenters. The number of carbonyl (C=O) groups is 2. The van der Waals surface area contributed by atoms with Crippen molar-refractivity contribution in [1.82, 2.24) is 10.2 Å². The van der Waals surface area contributed by atoms with E-state index in [0.29, 0.717) is 5.56 Å². The third-order valence-corrected chi connectivity index (χ3v) is 4.97. The van der Waals surface area contributed by atoms with Crippen molar-refractivity contribution in [1.29, 1.82) is 0 Å². The minimum Gasteiger partial charge on any atom is -0.341 e. The van der Waals surface area contributed by atoms with Crippen LogP contribution in [-0.4, -0.2) is 35.8 Å². The maximum atomic E-state index is 12.5. The van der Waals surface area contributed by atoms with Gasteiger partial charge in [0.15, 0.2) is 0 Å². The van der Waals surface area contributed by atoms with Gasteiger partial charge in [0.1, 0.15) is 0 Å². The number of likely N-dealkylation sites (tertiary alicyclic amines) is 1. The summed E-state index contributed by atoms with van der Waals surface area (Å²) < 4.78 is 0. The lowest BCUT2D eigenvalue weighted by molar-refractivity contribution is -0.132. The van der Waals surface area contributed by atoms with Gasteiger partial charge in [-0.1, -0.05) is 30.3 Å². The predicted octanol–water partition coefficient (Wildman–Crippen LogP) is 3.60. The molecule has 1 heterocycles. The van der Waals surface area contributed by atoms with Gasteiger partial charge in [0.25, 0.3) is 5.91 Å². The van der Waals surface area contributed by atoms with E-state index in [1.807, 2.05) is 61.2 Å². The summed E-state index contributed by atoms with van der Waals surface area (Å²) in [6.07, 6.45) is 2.19. The van der Waals surface area contributed by atoms with Gasteiger partial charge in [0, 0.05) is 30.4 Å². The van der Waals surface area contributed by atoms with E-state index in [1.54, 1.807) is 12.1 Å². The van der Waals surface area contributed by atoms with Crippen molar-refractivity contribution >= 4 is 17.5 Å². The second-order valence-electron chi connectivity index (χ2n) is 7.09. The fraction of sp³-hybridized carbons (Fsp3) is 0.364. The maximum Gasteiger partial charge on any atom is 0.255 e. The van der Waals surface area contributed by atoms with Crippen molar-refractivity contribution in [3.8, 4) is 0 Å². The van der Waals surface area contributed by atoms with Gasteiger partial charge < -0.3 is 10.2 Å². The molecule has 1 aliphatic rings. The van der Waals surface area contributed by atoms with Crippen LogP contribution in [-0.2, 0) is 4.79 Å². The van der Waals surface area contributed by atoms with Gasteiger partial charge in [-0.05, 0) is 56.5 Å². The minimum atomic E-state index is -0.235. The number of carbonyl (C=O) groups excluding carboxylic acids is 2. The molecule has 5 heteroatoms. The number of hydrogen-bond acceptors (Lipinski definition) is 3. The van der Waals surface area contributed by atoms with Crippen LogP contribution in [0.25, 0.3) is 0 Å². The molecule has 5 nitrogen and oxygen atoms in total. The zero-order valence-electron chi connectivity index (χ0n) is 15.9. The molecule has 0 radical (unpaired) electrons. The summed E-state index contributed by atoms with van der Waals surface area (Å²) in [7, 11) is 0. The van der Waals surface area contributed by atoms with Gasteiger partial charge in [-0.15, -0.1) is 0 Å². The monoisotopic (exact) mass is 365 g/mol. The van der Waals surface area contributed by atoms with Gasteiger partial charge >= 0.3 is 0 Å². The van der Waals surface area contributed by atoms with Crippen LogP contribution in [0.3, 0.4) is 0 Å². The first-order valence-corrected chi connectivity index (χ1v) is 9.56. The average Bonchev–Trinajstić information content (AvgIpc) is 3.23. The van der Waals surface area contributed by atoms with Crippen molar-refractivity contribution in [2.75, 3.05) is 18.4 Å². The third-order valence-electron chi connectivity index (χ3n) is 4.97. The zero-order chi connectivity index (χ0) is 19.2. The van der Waals surface area contributed by atoms with Crippen molar-refractivity contribution in [3.05, 3.63) is 65.7 Å². The van der Waals surface area contributed by atoms with Crippen LogP contribution in [0.15, 0.2) is 54.6 Å². The van der Waals surface area contributed by atoms with Crippen LogP contribution >= 0.6 is 0 Å². The molecule has 142 valence electrons. The van der Waals surface area contributed by atoms with Gasteiger partial charge in [-0.3, -0.25) is 14.9 Å². The summed E-state index contributed by atoms with van der Waals surface area (Å²) in [6, 6.07) is 16.7. The Morgan fingerprint density at radius 2 is 1.67 bits per heavy atom. The average molecular weight is 365 g/mol. The summed E-state index contributed by atoms with van der Waals surface area (Å²) in [5, 5.41) is 6.31. The van der Waals surface area contributed by atoms with Crippen LogP contribution in [0.2, 0.25) is 0 Å². The number of hydrogen-bond donors (Lipinski definition) is 2. The molecule has 1 saturated heterocycles. The summed E-state index contributed by atoms with van der Waals surface area (Å²) in [6.45, 7) is 5.67. The highest BCUT2D eigenvalue weighted by atomic mass is 16.2. The Bertz CT molecular complexity index is 785. The van der Waals surface area contributed by atoms with Crippen molar-refractivity contribution in [3.63, 3.8) is 0 Å². The second kappa shape index (κ2) is 8.82. The summed E-state index contributed by atoms with van der Waals surface area (Å²) in [5.41, 5.74) is 2.40. The van der Waals surface area contributed by atoms with Crippen LogP contribution in [0.1, 0.15) is 48.7 Å². The molecule has 0 aromatic heterocycles. The molecular formula is C22H27N3O2. The normalized spacial score (nSPS) is 16.0. The number of nitrogens with one attached hydrogen (secondary N) is 2. The molecule has 27 heavy (non-hydrogen) atoms. The fourth-order valence-electron chi connectivity index (χ4n) is 3.43. The Kier molecular flexibility index (Phi) is 6.24. The van der Waals surface area contributed by atoms with E-state index in [4.69, 9.17) is 0 Å². The summed E-state index contributed by atoms with van der Waals surface area (Å²) >= 11 is 0. The summed E-state index contributed by atoms with van der Waals surface area (Å²) in [4.78, 5) is 26.8. The molecule has 0 aliphatic carbocycles. The number of nitrogens with zero attached hydrogens (tertiary/aromatic N) is 1. The second-order valence-corrected chi connectivity index (χ2v) is 7.09. The molecule has 2 atom stereocenters. The smallest absolute Gasteiger partial charge is 0.255 e. The molecule has 0 bridgehead atoms. The lowest BCUT2D eigenvalue weighted by Crippen LogP contribution is -2.44. The van der Waals surface area contributed by atoms with Crippen molar-refractivity contribution in [2.24, 2.45) is 0 Å². The number of amides is 2. The molecule has 1 fully saturated rings. The van der Waals surface area contributed by atoms with E-state index in [2.05, 4.69) is 10.6 Å². The molecule has 2 amide bonds. The lowest BCUT2D eigenvalue weighted by Gasteiger charge is -2.24. The largest absolute Gasteiger partial charge is 0.341 e. The van der Waals surface area contributed by atoms with E-state index in [-0.39, 0.29) is 23.9 Å². The minimum absolute atomic E-state index is 0.000121. The third kappa shape index (κ3) is 4.95. The van der Waals surface area contributed by atoms with Gasteiger partial charge in [0.05, 0.1) is 6.04 Å². The summed E-state index contributed by atoms with van der Waals surface area (Å²) in [5.74, 6) is 0.0267. The Morgan fingerprint density at radius 1 is 0.963 bits per heavy atom. The van der Waals surface area contributed by atoms with Crippen LogP contribution < -0.4 is 10.6 Å². The molecule has 0 saturated carbocycles. The lowest BCUT2D eigenvalue weighted by atomic mass is 10.1. The first kappa shape index (κ1) is 19.1. The Hall–Kier alpha value is -2.66. The molecule has 2 N–H and O–H groups in total. The quantitative estimate of drug-likeness (QED) is 0.822. The Labute approximate surface area is 160 Å². The topological polar surface area (TPSA) is 61.4 Å². The van der Waals surface area contributed by atoms with Crippen LogP contribution in [0.5, 0.6) is 0 Å². The van der Waals surface area contributed by atoms with Crippen LogP contribution in [0, 0.1) is 0 Å². The van der Waals surface area contributed by atoms with E-state index in [9.17, 15) is 9.59 Å². The number of benzene rings is 2. The Morgan fingerprint density at radius 3 is 2.37 bits per heavy atom. The van der Waals surface area contributed by atoms with Gasteiger partial charge in [-0.2, -0.15) is 0 Å². The first-order chi connectivity index (χ1) is 13.0. The molecule has 2 aromatic carbocycles. The highest BCUT2D eigenvalue weighted by Crippen LogP contribution is 2.19. The number of anilines is 1. The van der Waals surface area contributed by atoms with Gasteiger partial charge in [-0.25, -0.2) is 0 Å². The SMILES string of the molecule is C[C@H](N[C@@H](C)c1cccc(NC(=O)c2ccccc2)c1)C(=O)N1CCCC1. The highest BCUT2D eigenvalue weighted by Gasteiger charge is 2.24. The van der Waals surface area contributed by atoms with E-state index >= 15 is 0 Å². The van der Waals surface area contributed by atoms with Crippen molar-refractivity contribution in [2.45, 2.75) is 38.8 Å². The highest BCUT2D eigenvalue weighted by molar-refractivity contribution is 6.04. The fourth-order valence-corrected chi connectivity index (χ4v) is 3.43. The molecule has 3 rings (SSSR count). The molecule has 2 aromatic rings. The van der Waals surface area contributed by atoms with Crippen LogP contribution in [0.4, 0.5) is 5.69 Å². The number of rotatable bonds is 6. The van der Waals surface area contributed by atoms with Gasteiger partial charge in [0.2, 0.25) is 5.91 Å². The maximum absolute atomic E-state index is 12.5. The molecule has 0 spiro atoms. The predicted molar refractivity (Wildman–Crippen MR) is 108 cm³/mol.